The molecule has 18 heavy (non-hydrogen) atoms. The zero-order valence-electron chi connectivity index (χ0n) is 10.6. The molecule has 0 saturated carbocycles. The summed E-state index contributed by atoms with van der Waals surface area (Å²) in [4.78, 5) is 0. The molecule has 0 radical (unpaired) electrons. The summed E-state index contributed by atoms with van der Waals surface area (Å²) in [6, 6.07) is 7.38. The van der Waals surface area contributed by atoms with Crippen molar-refractivity contribution in [2.24, 2.45) is 0 Å². The second-order valence-corrected chi connectivity index (χ2v) is 4.84. The van der Waals surface area contributed by atoms with Crippen molar-refractivity contribution in [3.8, 4) is 11.6 Å². The van der Waals surface area contributed by atoms with E-state index in [4.69, 9.17) is 22.1 Å². The summed E-state index contributed by atoms with van der Waals surface area (Å²) >= 11 is 5.92. The van der Waals surface area contributed by atoms with E-state index in [-0.39, 0.29) is 6.04 Å². The van der Waals surface area contributed by atoms with Crippen LogP contribution in [0.4, 0.5) is 5.69 Å². The lowest BCUT2D eigenvalue weighted by atomic mass is 10.3. The van der Waals surface area contributed by atoms with E-state index >= 15 is 0 Å². The number of nitrogens with two attached hydrogens (primary N) is 1. The Morgan fingerprint density at radius 3 is 2.72 bits per heavy atom. The molecule has 0 bridgehead atoms. The lowest BCUT2D eigenvalue weighted by Gasteiger charge is -2.12. The number of anilines is 1. The van der Waals surface area contributed by atoms with E-state index in [1.54, 1.807) is 16.8 Å². The van der Waals surface area contributed by atoms with Crippen LogP contribution in [0.25, 0.3) is 0 Å². The third-order valence-electron chi connectivity index (χ3n) is 2.59. The highest BCUT2D eigenvalue weighted by molar-refractivity contribution is 6.30. The minimum atomic E-state index is 0.176. The van der Waals surface area contributed by atoms with Gasteiger partial charge >= 0.3 is 0 Å². The summed E-state index contributed by atoms with van der Waals surface area (Å²) in [7, 11) is 0. The molecule has 96 valence electrons. The highest BCUT2D eigenvalue weighted by Crippen LogP contribution is 2.32. The summed E-state index contributed by atoms with van der Waals surface area (Å²) in [5.74, 6) is 1.21. The van der Waals surface area contributed by atoms with Crippen LogP contribution < -0.4 is 10.5 Å². The van der Waals surface area contributed by atoms with E-state index in [0.717, 1.165) is 5.69 Å². The summed E-state index contributed by atoms with van der Waals surface area (Å²) in [6.45, 7) is 5.91. The Hall–Kier alpha value is -1.68. The third-order valence-corrected chi connectivity index (χ3v) is 2.82. The van der Waals surface area contributed by atoms with E-state index < -0.39 is 0 Å². The van der Waals surface area contributed by atoms with Crippen molar-refractivity contribution in [3.05, 3.63) is 35.0 Å². The van der Waals surface area contributed by atoms with Gasteiger partial charge in [0.2, 0.25) is 5.88 Å². The summed E-state index contributed by atoms with van der Waals surface area (Å²) < 4.78 is 7.56. The number of aryl methyl sites for hydroxylation is 1. The van der Waals surface area contributed by atoms with Gasteiger partial charge in [0.05, 0.1) is 11.7 Å². The molecule has 2 aromatic rings. The van der Waals surface area contributed by atoms with Crippen LogP contribution >= 0.6 is 11.6 Å². The molecule has 2 rings (SSSR count). The van der Waals surface area contributed by atoms with E-state index in [0.29, 0.717) is 22.3 Å². The molecule has 0 spiro atoms. The van der Waals surface area contributed by atoms with Crippen molar-refractivity contribution < 1.29 is 4.74 Å². The topological polar surface area (TPSA) is 53.1 Å². The van der Waals surface area contributed by atoms with Gasteiger partial charge < -0.3 is 10.5 Å². The first-order valence-electron chi connectivity index (χ1n) is 5.77. The molecule has 0 saturated heterocycles. The van der Waals surface area contributed by atoms with Gasteiger partial charge in [0, 0.05) is 5.02 Å². The molecule has 1 heterocycles. The van der Waals surface area contributed by atoms with Gasteiger partial charge in [-0.2, -0.15) is 5.10 Å². The van der Waals surface area contributed by atoms with Crippen molar-refractivity contribution in [1.29, 1.82) is 0 Å². The first kappa shape index (κ1) is 12.8. The van der Waals surface area contributed by atoms with Gasteiger partial charge in [-0.25, -0.2) is 4.68 Å². The monoisotopic (exact) mass is 265 g/mol. The fourth-order valence-corrected chi connectivity index (χ4v) is 1.81. The van der Waals surface area contributed by atoms with Crippen LogP contribution in [-0.4, -0.2) is 9.78 Å². The van der Waals surface area contributed by atoms with Crippen LogP contribution in [-0.2, 0) is 0 Å². The highest BCUT2D eigenvalue weighted by atomic mass is 35.5. The molecule has 5 heteroatoms. The average molecular weight is 266 g/mol. The number of halogens is 1. The van der Waals surface area contributed by atoms with Crippen molar-refractivity contribution in [2.45, 2.75) is 26.8 Å². The zero-order chi connectivity index (χ0) is 13.3. The van der Waals surface area contributed by atoms with Crippen molar-refractivity contribution in [2.75, 3.05) is 5.73 Å². The van der Waals surface area contributed by atoms with Gasteiger partial charge in [0.25, 0.3) is 0 Å². The largest absolute Gasteiger partial charge is 0.437 e. The Balaban J connectivity index is 2.39. The zero-order valence-corrected chi connectivity index (χ0v) is 11.4. The minimum absolute atomic E-state index is 0.176. The number of rotatable bonds is 3. The first-order chi connectivity index (χ1) is 8.49. The molecule has 4 nitrogen and oxygen atoms in total. The molecule has 0 aliphatic heterocycles. The molecule has 0 atom stereocenters. The van der Waals surface area contributed by atoms with Gasteiger partial charge in [-0.05, 0) is 39.0 Å². The Bertz CT molecular complexity index is 563. The van der Waals surface area contributed by atoms with Gasteiger partial charge in [-0.15, -0.1) is 0 Å². The number of hydrogen-bond acceptors (Lipinski definition) is 3. The van der Waals surface area contributed by atoms with Crippen LogP contribution in [0.5, 0.6) is 11.6 Å². The number of nitrogen functional groups attached to an aromatic ring is 1. The molecule has 0 aliphatic carbocycles. The summed E-state index contributed by atoms with van der Waals surface area (Å²) in [5, 5.41) is 4.99. The Morgan fingerprint density at radius 1 is 1.39 bits per heavy atom. The van der Waals surface area contributed by atoms with E-state index in [1.807, 2.05) is 32.9 Å². The molecule has 0 aliphatic rings. The fraction of sp³-hybridized carbons (Fsp3) is 0.308. The van der Waals surface area contributed by atoms with Crippen molar-refractivity contribution in [1.82, 2.24) is 9.78 Å². The lowest BCUT2D eigenvalue weighted by Crippen LogP contribution is -2.05. The highest BCUT2D eigenvalue weighted by Gasteiger charge is 2.16. The van der Waals surface area contributed by atoms with Gasteiger partial charge in [0.1, 0.15) is 11.4 Å². The van der Waals surface area contributed by atoms with Crippen LogP contribution in [0.15, 0.2) is 24.3 Å². The minimum Gasteiger partial charge on any atom is -0.437 e. The van der Waals surface area contributed by atoms with E-state index in [2.05, 4.69) is 5.10 Å². The SMILES string of the molecule is Cc1nn(C(C)C)c(Oc2cccc(Cl)c2)c1N. The lowest BCUT2D eigenvalue weighted by molar-refractivity contribution is 0.390. The smallest absolute Gasteiger partial charge is 0.241 e. The van der Waals surface area contributed by atoms with Gasteiger partial charge in [-0.1, -0.05) is 17.7 Å². The summed E-state index contributed by atoms with van der Waals surface area (Å²) in [6.07, 6.45) is 0. The van der Waals surface area contributed by atoms with Crippen molar-refractivity contribution in [3.63, 3.8) is 0 Å². The van der Waals surface area contributed by atoms with E-state index in [1.165, 1.54) is 0 Å². The molecule has 1 aromatic heterocycles. The normalized spacial score (nSPS) is 10.9. The van der Waals surface area contributed by atoms with Gasteiger partial charge in [0.15, 0.2) is 0 Å². The predicted octanol–water partition coefficient (Wildman–Crippen LogP) is 3.80. The molecule has 0 amide bonds. The number of benzene rings is 1. The Kier molecular flexibility index (Phi) is 3.48. The molecule has 0 unspecified atom stereocenters. The third kappa shape index (κ3) is 2.43. The van der Waals surface area contributed by atoms with Crippen LogP contribution in [0, 0.1) is 6.92 Å². The fourth-order valence-electron chi connectivity index (χ4n) is 1.63. The second kappa shape index (κ2) is 4.90. The maximum atomic E-state index is 5.99. The number of ether oxygens (including phenoxy) is 1. The van der Waals surface area contributed by atoms with Crippen LogP contribution in [0.3, 0.4) is 0 Å². The molecular formula is C13H16ClN3O. The summed E-state index contributed by atoms with van der Waals surface area (Å²) in [5.41, 5.74) is 7.31. The molecule has 0 fully saturated rings. The quantitative estimate of drug-likeness (QED) is 0.918. The number of hydrogen-bond donors (Lipinski definition) is 1. The van der Waals surface area contributed by atoms with Crippen LogP contribution in [0.1, 0.15) is 25.6 Å². The van der Waals surface area contributed by atoms with Crippen molar-refractivity contribution >= 4 is 17.3 Å². The van der Waals surface area contributed by atoms with Crippen LogP contribution in [0.2, 0.25) is 5.02 Å². The maximum absolute atomic E-state index is 5.99. The predicted molar refractivity (Wildman–Crippen MR) is 73.3 cm³/mol. The Morgan fingerprint density at radius 2 is 2.11 bits per heavy atom. The first-order valence-corrected chi connectivity index (χ1v) is 6.15. The maximum Gasteiger partial charge on any atom is 0.241 e. The Labute approximate surface area is 111 Å². The number of nitrogens with zero attached hydrogens (tertiary/aromatic N) is 2. The number of aromatic nitrogens is 2. The molecule has 2 N–H and O–H groups in total. The molecule has 1 aromatic carbocycles. The standard InChI is InChI=1S/C13H16ClN3O/c1-8(2)17-13(12(15)9(3)16-17)18-11-6-4-5-10(14)7-11/h4-8H,15H2,1-3H3. The van der Waals surface area contributed by atoms with E-state index in [9.17, 15) is 0 Å². The average Bonchev–Trinajstić information content (AvgIpc) is 2.57. The van der Waals surface area contributed by atoms with Gasteiger partial charge in [-0.3, -0.25) is 0 Å². The second-order valence-electron chi connectivity index (χ2n) is 4.40. The molecular weight excluding hydrogens is 250 g/mol.